The van der Waals surface area contributed by atoms with Gasteiger partial charge in [0.25, 0.3) is 0 Å². The number of urea groups is 2. The van der Waals surface area contributed by atoms with Crippen LogP contribution in [0.15, 0.2) is 0 Å². The first-order valence-corrected chi connectivity index (χ1v) is 2.51. The number of primary amides is 4. The van der Waals surface area contributed by atoms with Crippen molar-refractivity contribution in [2.45, 2.75) is 0 Å². The topological polar surface area (TPSA) is 218 Å². The molecule has 84 valence electrons. The number of rotatable bonds is 0. The number of nitrogens with two attached hydrogens (primary N) is 4. The predicted octanol–water partition coefficient (Wildman–Crippen LogP) is -5.22. The zero-order valence-electron chi connectivity index (χ0n) is 7.62. The molecule has 0 aromatic carbocycles. The van der Waals surface area contributed by atoms with Gasteiger partial charge in [-0.15, -0.1) is 0 Å². The van der Waals surface area contributed by atoms with Gasteiger partial charge in [0.2, 0.25) is 0 Å². The Morgan fingerprint density at radius 2 is 0.800 bits per heavy atom. The van der Waals surface area contributed by atoms with Crippen LogP contribution in [0.2, 0.25) is 0 Å². The van der Waals surface area contributed by atoms with Gasteiger partial charge in [-0.2, -0.15) is 0 Å². The van der Waals surface area contributed by atoms with E-state index in [0.717, 1.165) is 0 Å². The van der Waals surface area contributed by atoms with Crippen molar-refractivity contribution in [2.24, 2.45) is 22.9 Å². The van der Waals surface area contributed by atoms with E-state index in [1.807, 2.05) is 0 Å². The molecule has 0 saturated carbocycles. The molecule has 0 heterocycles. The van der Waals surface area contributed by atoms with Crippen molar-refractivity contribution in [1.29, 1.82) is 0 Å². The summed E-state index contributed by atoms with van der Waals surface area (Å²) in [6, 6.07) is -1.67. The second-order valence-electron chi connectivity index (χ2n) is 0.997. The molecule has 0 aliphatic heterocycles. The van der Waals surface area contributed by atoms with Gasteiger partial charge in [0, 0.05) is 12.9 Å². The SMILES string of the molecule is NC(N)=O.NC(N)=O.O=C[O-].O=C[O-].[Zn+2]. The molecule has 0 radical (unpaired) electrons. The number of carbonyl (C=O) groups excluding carboxylic acids is 4. The standard InChI is InChI=1S/2CH4N2O.2CH2O2.Zn/c2*2-1(3)4;2*2-1-3;/h2*(H4,2,3,4);2*1H,(H,2,3);/q;;;;+2/p-2. The van der Waals surface area contributed by atoms with Crippen LogP contribution in [0.1, 0.15) is 0 Å². The van der Waals surface area contributed by atoms with E-state index >= 15 is 0 Å². The Kier molecular flexibility index (Phi) is 78.1. The van der Waals surface area contributed by atoms with E-state index in [0.29, 0.717) is 0 Å². The molecular weight excluding hydrogens is 265 g/mol. The summed E-state index contributed by atoms with van der Waals surface area (Å²) < 4.78 is 0. The van der Waals surface area contributed by atoms with Crippen LogP contribution in [0.4, 0.5) is 9.59 Å². The first-order valence-electron chi connectivity index (χ1n) is 2.51. The Hall–Kier alpha value is -1.90. The quantitative estimate of drug-likeness (QED) is 0.249. The van der Waals surface area contributed by atoms with Gasteiger partial charge in [0.1, 0.15) is 0 Å². The summed E-state index contributed by atoms with van der Waals surface area (Å²) in [5.74, 6) is 0. The molecule has 0 aromatic rings. The van der Waals surface area contributed by atoms with Crippen molar-refractivity contribution in [3.63, 3.8) is 0 Å². The molecule has 15 heavy (non-hydrogen) atoms. The fourth-order valence-corrected chi connectivity index (χ4v) is 0. The van der Waals surface area contributed by atoms with E-state index in [-0.39, 0.29) is 19.5 Å². The zero-order chi connectivity index (χ0) is 12.6. The molecular formula is C4H10N4O6Zn. The molecule has 11 heteroatoms. The largest absolute Gasteiger partial charge is 2.00 e. The maximum absolute atomic E-state index is 9.00. The fraction of sp³-hybridized carbons (Fsp3) is 0. The summed E-state index contributed by atoms with van der Waals surface area (Å²) in [4.78, 5) is 34.5. The summed E-state index contributed by atoms with van der Waals surface area (Å²) in [5.41, 5.74) is 17.0. The average Bonchev–Trinajstić information content (AvgIpc) is 1.85. The Morgan fingerprint density at radius 3 is 0.800 bits per heavy atom. The minimum Gasteiger partial charge on any atom is -0.554 e. The van der Waals surface area contributed by atoms with Crippen molar-refractivity contribution >= 4 is 25.0 Å². The minimum absolute atomic E-state index is 0. The van der Waals surface area contributed by atoms with Crippen LogP contribution >= 0.6 is 0 Å². The van der Waals surface area contributed by atoms with Gasteiger partial charge in [0.05, 0.1) is 0 Å². The summed E-state index contributed by atoms with van der Waals surface area (Å²) in [7, 11) is 0. The van der Waals surface area contributed by atoms with E-state index in [9.17, 15) is 0 Å². The second-order valence-corrected chi connectivity index (χ2v) is 0.997. The van der Waals surface area contributed by atoms with Gasteiger partial charge in [0.15, 0.2) is 0 Å². The third-order valence-corrected chi connectivity index (χ3v) is 0. The molecule has 0 aliphatic carbocycles. The van der Waals surface area contributed by atoms with E-state index in [2.05, 4.69) is 22.9 Å². The Balaban J connectivity index is -0.0000000293. The molecule has 0 rings (SSSR count). The molecule has 0 unspecified atom stereocenters. The number of hydrogen-bond donors (Lipinski definition) is 4. The molecule has 0 bridgehead atoms. The van der Waals surface area contributed by atoms with Crippen LogP contribution < -0.4 is 33.1 Å². The first-order chi connectivity index (χ1) is 6.29. The van der Waals surface area contributed by atoms with Gasteiger partial charge in [-0.25, -0.2) is 9.59 Å². The maximum Gasteiger partial charge on any atom is 2.00 e. The Bertz CT molecular complexity index is 139. The average molecular weight is 276 g/mol. The number of carboxylic acid groups (broad SMARTS) is 2. The number of amides is 4. The van der Waals surface area contributed by atoms with Gasteiger partial charge >= 0.3 is 31.5 Å². The second kappa shape index (κ2) is 40.1. The molecule has 0 aromatic heterocycles. The molecule has 8 N–H and O–H groups in total. The minimum atomic E-state index is -0.833. The van der Waals surface area contributed by atoms with Crippen molar-refractivity contribution in [3.8, 4) is 0 Å². The number of hydrogen-bond acceptors (Lipinski definition) is 6. The van der Waals surface area contributed by atoms with E-state index in [1.54, 1.807) is 0 Å². The van der Waals surface area contributed by atoms with Crippen LogP contribution in [-0.2, 0) is 29.1 Å². The van der Waals surface area contributed by atoms with E-state index in [1.165, 1.54) is 0 Å². The van der Waals surface area contributed by atoms with Crippen molar-refractivity contribution < 1.29 is 48.9 Å². The fourth-order valence-electron chi connectivity index (χ4n) is 0. The number of carbonyl (C=O) groups is 4. The molecule has 10 nitrogen and oxygen atoms in total. The molecule has 0 spiro atoms. The smallest absolute Gasteiger partial charge is 0.554 e. The van der Waals surface area contributed by atoms with Crippen molar-refractivity contribution in [2.75, 3.05) is 0 Å². The Morgan fingerprint density at radius 1 is 0.800 bits per heavy atom. The van der Waals surface area contributed by atoms with Crippen LogP contribution in [0.25, 0.3) is 0 Å². The van der Waals surface area contributed by atoms with Crippen LogP contribution in [0.5, 0.6) is 0 Å². The summed E-state index contributed by atoms with van der Waals surface area (Å²) >= 11 is 0. The first kappa shape index (κ1) is 29.2. The van der Waals surface area contributed by atoms with Crippen molar-refractivity contribution in [3.05, 3.63) is 0 Å². The summed E-state index contributed by atoms with van der Waals surface area (Å²) in [5, 5.41) is 16.5. The van der Waals surface area contributed by atoms with Crippen LogP contribution in [0, 0.1) is 0 Å². The normalized spacial score (nSPS) is 4.80. The molecule has 0 atom stereocenters. The monoisotopic (exact) mass is 274 g/mol. The Labute approximate surface area is 97.3 Å². The van der Waals surface area contributed by atoms with Gasteiger partial charge < -0.3 is 42.7 Å². The third-order valence-electron chi connectivity index (χ3n) is 0. The van der Waals surface area contributed by atoms with Gasteiger partial charge in [-0.3, -0.25) is 0 Å². The van der Waals surface area contributed by atoms with Crippen molar-refractivity contribution in [1.82, 2.24) is 0 Å². The summed E-state index contributed by atoms with van der Waals surface area (Å²) in [6.07, 6.45) is 0. The van der Waals surface area contributed by atoms with Gasteiger partial charge in [-0.05, 0) is 0 Å². The molecule has 0 aliphatic rings. The zero-order valence-corrected chi connectivity index (χ0v) is 10.6. The van der Waals surface area contributed by atoms with E-state index < -0.39 is 25.0 Å². The predicted molar refractivity (Wildman–Crippen MR) is 39.7 cm³/mol. The van der Waals surface area contributed by atoms with Crippen LogP contribution in [0.3, 0.4) is 0 Å². The third kappa shape index (κ3) is 343. The van der Waals surface area contributed by atoms with E-state index in [4.69, 9.17) is 29.4 Å². The van der Waals surface area contributed by atoms with Crippen LogP contribution in [-0.4, -0.2) is 25.0 Å². The molecule has 0 fully saturated rings. The van der Waals surface area contributed by atoms with Gasteiger partial charge in [-0.1, -0.05) is 0 Å². The molecule has 0 saturated heterocycles. The summed E-state index contributed by atoms with van der Waals surface area (Å²) in [6.45, 7) is -1.00. The maximum atomic E-state index is 9.00. The molecule has 4 amide bonds.